The molecule has 0 aromatic carbocycles. The van der Waals surface area contributed by atoms with Crippen LogP contribution in [-0.4, -0.2) is 25.4 Å². The number of amides is 1. The third-order valence-corrected chi connectivity index (χ3v) is 1.76. The van der Waals surface area contributed by atoms with Crippen molar-refractivity contribution in [2.45, 2.75) is 20.0 Å². The first-order chi connectivity index (χ1) is 5.04. The molecule has 1 saturated heterocycles. The molecule has 1 aliphatic heterocycles. The van der Waals surface area contributed by atoms with Crippen LogP contribution in [0, 0.1) is 5.41 Å². The third kappa shape index (κ3) is 1.70. The fraction of sp³-hybridized carbons (Fsp3) is 0.857. The molecule has 11 heavy (non-hydrogen) atoms. The molecule has 1 fully saturated rings. The number of hydrogen-bond donors (Lipinski definition) is 1. The fourth-order valence-corrected chi connectivity index (χ4v) is 1.19. The van der Waals surface area contributed by atoms with Gasteiger partial charge in [0.25, 0.3) is 0 Å². The summed E-state index contributed by atoms with van der Waals surface area (Å²) in [5.41, 5.74) is 4.82. The minimum absolute atomic E-state index is 0.164. The molecule has 0 aromatic heterocycles. The number of rotatable bonds is 1. The first kappa shape index (κ1) is 8.49. The summed E-state index contributed by atoms with van der Waals surface area (Å²) in [6.45, 7) is 4.46. The van der Waals surface area contributed by atoms with Gasteiger partial charge in [-0.1, -0.05) is 13.8 Å². The Morgan fingerprint density at radius 2 is 2.27 bits per heavy atom. The van der Waals surface area contributed by atoms with Crippen LogP contribution in [0.5, 0.6) is 0 Å². The molecule has 0 bridgehead atoms. The maximum Gasteiger partial charge on any atom is 0.247 e. The van der Waals surface area contributed by atoms with E-state index >= 15 is 0 Å². The molecule has 0 aromatic rings. The number of ether oxygens (including phenoxy) is 2. The molecule has 1 aliphatic rings. The van der Waals surface area contributed by atoms with Crippen molar-refractivity contribution >= 4 is 5.91 Å². The fourth-order valence-electron chi connectivity index (χ4n) is 1.19. The minimum Gasteiger partial charge on any atom is -0.367 e. The van der Waals surface area contributed by atoms with Crippen molar-refractivity contribution < 1.29 is 14.3 Å². The minimum atomic E-state index is -0.517. The Bertz CT molecular complexity index is 167. The van der Waals surface area contributed by atoms with Gasteiger partial charge in [-0.15, -0.1) is 0 Å². The zero-order valence-corrected chi connectivity index (χ0v) is 6.79. The van der Waals surface area contributed by atoms with Crippen molar-refractivity contribution in [1.29, 1.82) is 0 Å². The van der Waals surface area contributed by atoms with Gasteiger partial charge in [0.1, 0.15) is 12.9 Å². The highest BCUT2D eigenvalue weighted by Gasteiger charge is 2.37. The van der Waals surface area contributed by atoms with Crippen LogP contribution in [0.3, 0.4) is 0 Å². The Balaban J connectivity index is 2.67. The van der Waals surface area contributed by atoms with Crippen LogP contribution in [0.1, 0.15) is 13.8 Å². The molecule has 4 nitrogen and oxygen atoms in total. The molecule has 1 unspecified atom stereocenters. The van der Waals surface area contributed by atoms with Crippen molar-refractivity contribution in [2.75, 3.05) is 13.4 Å². The van der Waals surface area contributed by atoms with E-state index in [1.54, 1.807) is 0 Å². The number of carbonyl (C=O) groups is 1. The van der Waals surface area contributed by atoms with Gasteiger partial charge in [0.15, 0.2) is 0 Å². The SMILES string of the molecule is CC1(C)COCOC1C(N)=O. The van der Waals surface area contributed by atoms with E-state index < -0.39 is 12.0 Å². The van der Waals surface area contributed by atoms with Gasteiger partial charge in [-0.3, -0.25) is 4.79 Å². The van der Waals surface area contributed by atoms with E-state index in [9.17, 15) is 4.79 Å². The monoisotopic (exact) mass is 159 g/mol. The molecule has 0 spiro atoms. The summed E-state index contributed by atoms with van der Waals surface area (Å²) < 4.78 is 10.1. The summed E-state index contributed by atoms with van der Waals surface area (Å²) in [4.78, 5) is 10.8. The van der Waals surface area contributed by atoms with E-state index in [1.807, 2.05) is 13.8 Å². The van der Waals surface area contributed by atoms with Crippen LogP contribution < -0.4 is 5.73 Å². The predicted octanol–water partition coefficient (Wildman–Crippen LogP) is -0.129. The molecule has 0 radical (unpaired) electrons. The maximum atomic E-state index is 10.8. The van der Waals surface area contributed by atoms with E-state index in [0.29, 0.717) is 6.61 Å². The van der Waals surface area contributed by atoms with Crippen molar-refractivity contribution in [2.24, 2.45) is 11.1 Å². The average molecular weight is 159 g/mol. The first-order valence-corrected chi connectivity index (χ1v) is 3.53. The molecule has 4 heteroatoms. The zero-order valence-electron chi connectivity index (χ0n) is 6.79. The van der Waals surface area contributed by atoms with Crippen molar-refractivity contribution in [3.05, 3.63) is 0 Å². The van der Waals surface area contributed by atoms with Crippen LogP contribution in [0.25, 0.3) is 0 Å². The lowest BCUT2D eigenvalue weighted by atomic mass is 9.86. The molecule has 0 saturated carbocycles. The van der Waals surface area contributed by atoms with E-state index in [0.717, 1.165) is 0 Å². The Labute approximate surface area is 65.7 Å². The predicted molar refractivity (Wildman–Crippen MR) is 38.7 cm³/mol. The highest BCUT2D eigenvalue weighted by Crippen LogP contribution is 2.26. The van der Waals surface area contributed by atoms with Gasteiger partial charge in [0, 0.05) is 5.41 Å². The smallest absolute Gasteiger partial charge is 0.247 e. The Kier molecular flexibility index (Phi) is 2.15. The van der Waals surface area contributed by atoms with Gasteiger partial charge in [0.2, 0.25) is 5.91 Å². The Morgan fingerprint density at radius 3 is 2.64 bits per heavy atom. The van der Waals surface area contributed by atoms with E-state index in [-0.39, 0.29) is 12.2 Å². The normalized spacial score (nSPS) is 29.8. The zero-order chi connectivity index (χ0) is 8.48. The second-order valence-corrected chi connectivity index (χ2v) is 3.40. The first-order valence-electron chi connectivity index (χ1n) is 3.53. The van der Waals surface area contributed by atoms with Crippen LogP contribution in [0.2, 0.25) is 0 Å². The van der Waals surface area contributed by atoms with E-state index in [4.69, 9.17) is 15.2 Å². The lowest BCUT2D eigenvalue weighted by Gasteiger charge is -2.35. The Hall–Kier alpha value is -0.610. The van der Waals surface area contributed by atoms with Gasteiger partial charge in [-0.25, -0.2) is 0 Å². The Morgan fingerprint density at radius 1 is 1.64 bits per heavy atom. The summed E-state index contributed by atoms with van der Waals surface area (Å²) in [5.74, 6) is -0.418. The number of carbonyl (C=O) groups excluding carboxylic acids is 1. The number of primary amides is 1. The maximum absolute atomic E-state index is 10.8. The van der Waals surface area contributed by atoms with Gasteiger partial charge >= 0.3 is 0 Å². The topological polar surface area (TPSA) is 61.6 Å². The second kappa shape index (κ2) is 2.79. The van der Waals surface area contributed by atoms with Gasteiger partial charge in [-0.05, 0) is 0 Å². The van der Waals surface area contributed by atoms with Crippen LogP contribution >= 0.6 is 0 Å². The second-order valence-electron chi connectivity index (χ2n) is 3.40. The lowest BCUT2D eigenvalue weighted by molar-refractivity contribution is -0.200. The lowest BCUT2D eigenvalue weighted by Crippen LogP contribution is -2.49. The van der Waals surface area contributed by atoms with Crippen LogP contribution in [0.15, 0.2) is 0 Å². The summed E-state index contributed by atoms with van der Waals surface area (Å²) in [7, 11) is 0. The van der Waals surface area contributed by atoms with Crippen molar-refractivity contribution in [3.8, 4) is 0 Å². The quantitative estimate of drug-likeness (QED) is 0.579. The standard InChI is InChI=1S/C7H13NO3/c1-7(2)3-10-4-11-5(7)6(8)9/h5H,3-4H2,1-2H3,(H2,8,9). The van der Waals surface area contributed by atoms with E-state index in [1.165, 1.54) is 0 Å². The average Bonchev–Trinajstić information content (AvgIpc) is 1.85. The molecule has 1 rings (SSSR count). The molecule has 64 valence electrons. The number of hydrogen-bond acceptors (Lipinski definition) is 3. The summed E-state index contributed by atoms with van der Waals surface area (Å²) in [6, 6.07) is 0. The van der Waals surface area contributed by atoms with Crippen molar-refractivity contribution in [1.82, 2.24) is 0 Å². The molecule has 1 amide bonds. The highest BCUT2D eigenvalue weighted by molar-refractivity contribution is 5.79. The molecule has 0 aliphatic carbocycles. The van der Waals surface area contributed by atoms with Crippen LogP contribution in [-0.2, 0) is 14.3 Å². The van der Waals surface area contributed by atoms with Gasteiger partial charge in [0.05, 0.1) is 6.61 Å². The van der Waals surface area contributed by atoms with Crippen molar-refractivity contribution in [3.63, 3.8) is 0 Å². The summed E-state index contributed by atoms with van der Waals surface area (Å²) in [6.07, 6.45) is -0.517. The molecule has 1 heterocycles. The van der Waals surface area contributed by atoms with Gasteiger partial charge in [-0.2, -0.15) is 0 Å². The molecule has 2 N–H and O–H groups in total. The third-order valence-electron chi connectivity index (χ3n) is 1.76. The van der Waals surface area contributed by atoms with E-state index in [2.05, 4.69) is 0 Å². The largest absolute Gasteiger partial charge is 0.367 e. The molecular formula is C7H13NO3. The number of nitrogens with two attached hydrogens (primary N) is 1. The summed E-state index contributed by atoms with van der Waals surface area (Å²) in [5, 5.41) is 0. The van der Waals surface area contributed by atoms with Gasteiger partial charge < -0.3 is 15.2 Å². The highest BCUT2D eigenvalue weighted by atomic mass is 16.7. The molecule has 1 atom stereocenters. The summed E-state index contributed by atoms with van der Waals surface area (Å²) >= 11 is 0. The van der Waals surface area contributed by atoms with Crippen LogP contribution in [0.4, 0.5) is 0 Å². The molecular weight excluding hydrogens is 146 g/mol.